The third kappa shape index (κ3) is 4.19. The number of hydrogen-bond donors (Lipinski definition) is 3. The number of rotatable bonds is 4. The molecular weight excluding hydrogens is 270 g/mol. The van der Waals surface area contributed by atoms with E-state index in [1.807, 2.05) is 0 Å². The van der Waals surface area contributed by atoms with Gasteiger partial charge in [-0.1, -0.05) is 6.92 Å². The molecule has 1 heterocycles. The summed E-state index contributed by atoms with van der Waals surface area (Å²) in [5, 5.41) is 14.3. The topological polar surface area (TPSA) is 81.7 Å². The SMILES string of the molecule is CCN1CCC[C@@H]1CNC(=O)C(=O)Nc1ccc(O)cc1. The van der Waals surface area contributed by atoms with E-state index >= 15 is 0 Å². The summed E-state index contributed by atoms with van der Waals surface area (Å²) in [4.78, 5) is 25.8. The maximum atomic E-state index is 11.8. The molecule has 3 N–H and O–H groups in total. The number of phenols is 1. The Morgan fingerprint density at radius 3 is 2.67 bits per heavy atom. The predicted molar refractivity (Wildman–Crippen MR) is 80.0 cm³/mol. The van der Waals surface area contributed by atoms with Gasteiger partial charge in [-0.2, -0.15) is 0 Å². The number of carbonyl (C=O) groups excluding carboxylic acids is 2. The predicted octanol–water partition coefficient (Wildman–Crippen LogP) is 0.931. The zero-order chi connectivity index (χ0) is 15.2. The van der Waals surface area contributed by atoms with E-state index in [1.165, 1.54) is 24.3 Å². The Morgan fingerprint density at radius 1 is 1.29 bits per heavy atom. The van der Waals surface area contributed by atoms with Crippen LogP contribution in [0.2, 0.25) is 0 Å². The van der Waals surface area contributed by atoms with Crippen LogP contribution in [-0.2, 0) is 9.59 Å². The standard InChI is InChI=1S/C15H21N3O3/c1-2-18-9-3-4-12(18)10-16-14(20)15(21)17-11-5-7-13(19)8-6-11/h5-8,12,19H,2-4,9-10H2,1H3,(H,16,20)(H,17,21)/t12-/m1/s1. The monoisotopic (exact) mass is 291 g/mol. The van der Waals surface area contributed by atoms with Gasteiger partial charge < -0.3 is 15.7 Å². The van der Waals surface area contributed by atoms with E-state index < -0.39 is 11.8 Å². The minimum Gasteiger partial charge on any atom is -0.508 e. The number of anilines is 1. The lowest BCUT2D eigenvalue weighted by Crippen LogP contribution is -2.43. The molecule has 1 aliphatic heterocycles. The second-order valence-electron chi connectivity index (χ2n) is 5.14. The molecule has 1 aromatic rings. The first-order valence-electron chi connectivity index (χ1n) is 7.22. The van der Waals surface area contributed by atoms with Crippen molar-refractivity contribution in [3.63, 3.8) is 0 Å². The van der Waals surface area contributed by atoms with Gasteiger partial charge in [-0.25, -0.2) is 0 Å². The van der Waals surface area contributed by atoms with E-state index in [1.54, 1.807) is 0 Å². The number of benzene rings is 1. The summed E-state index contributed by atoms with van der Waals surface area (Å²) in [5.74, 6) is -1.22. The van der Waals surface area contributed by atoms with Crippen LogP contribution in [0.5, 0.6) is 5.75 Å². The molecule has 0 saturated carbocycles. The van der Waals surface area contributed by atoms with Crippen LogP contribution in [0.1, 0.15) is 19.8 Å². The molecule has 1 atom stereocenters. The molecule has 0 radical (unpaired) electrons. The number of phenolic OH excluding ortho intramolecular Hbond substituents is 1. The van der Waals surface area contributed by atoms with Crippen molar-refractivity contribution in [1.29, 1.82) is 0 Å². The lowest BCUT2D eigenvalue weighted by atomic mass is 10.2. The second kappa shape index (κ2) is 7.08. The third-order valence-corrected chi connectivity index (χ3v) is 3.73. The van der Waals surface area contributed by atoms with Crippen molar-refractivity contribution < 1.29 is 14.7 Å². The molecule has 0 bridgehead atoms. The van der Waals surface area contributed by atoms with Gasteiger partial charge in [0.05, 0.1) is 0 Å². The Kier molecular flexibility index (Phi) is 5.16. The first-order chi connectivity index (χ1) is 10.1. The Hall–Kier alpha value is -2.08. The van der Waals surface area contributed by atoms with Crippen LogP contribution in [0.15, 0.2) is 24.3 Å². The third-order valence-electron chi connectivity index (χ3n) is 3.73. The van der Waals surface area contributed by atoms with E-state index in [0.717, 1.165) is 25.9 Å². The number of carbonyl (C=O) groups is 2. The zero-order valence-corrected chi connectivity index (χ0v) is 12.1. The second-order valence-corrected chi connectivity index (χ2v) is 5.14. The van der Waals surface area contributed by atoms with Crippen LogP contribution < -0.4 is 10.6 Å². The summed E-state index contributed by atoms with van der Waals surface area (Å²) in [7, 11) is 0. The molecule has 6 nitrogen and oxygen atoms in total. The fourth-order valence-electron chi connectivity index (χ4n) is 2.57. The van der Waals surface area contributed by atoms with Crippen molar-refractivity contribution in [1.82, 2.24) is 10.2 Å². The van der Waals surface area contributed by atoms with Crippen molar-refractivity contribution in [2.75, 3.05) is 25.0 Å². The first-order valence-corrected chi connectivity index (χ1v) is 7.22. The molecule has 1 aliphatic rings. The molecule has 2 rings (SSSR count). The summed E-state index contributed by atoms with van der Waals surface area (Å²) in [6, 6.07) is 6.29. The summed E-state index contributed by atoms with van der Waals surface area (Å²) in [6.07, 6.45) is 2.18. The molecule has 1 saturated heterocycles. The highest BCUT2D eigenvalue weighted by molar-refractivity contribution is 6.39. The van der Waals surface area contributed by atoms with Gasteiger partial charge in [-0.15, -0.1) is 0 Å². The zero-order valence-electron chi connectivity index (χ0n) is 12.1. The van der Waals surface area contributed by atoms with Crippen LogP contribution >= 0.6 is 0 Å². The average Bonchev–Trinajstić information content (AvgIpc) is 2.94. The van der Waals surface area contributed by atoms with E-state index in [-0.39, 0.29) is 5.75 Å². The van der Waals surface area contributed by atoms with Gasteiger partial charge in [-0.05, 0) is 50.2 Å². The molecule has 114 valence electrons. The van der Waals surface area contributed by atoms with Gasteiger partial charge in [0.1, 0.15) is 5.75 Å². The van der Waals surface area contributed by atoms with Crippen LogP contribution in [0.3, 0.4) is 0 Å². The molecule has 1 aromatic carbocycles. The van der Waals surface area contributed by atoms with Crippen molar-refractivity contribution in [2.45, 2.75) is 25.8 Å². The van der Waals surface area contributed by atoms with Crippen LogP contribution in [-0.4, -0.2) is 47.5 Å². The Morgan fingerprint density at radius 2 is 2.00 bits per heavy atom. The van der Waals surface area contributed by atoms with Gasteiger partial charge in [0, 0.05) is 18.3 Å². The molecule has 0 aliphatic carbocycles. The lowest BCUT2D eigenvalue weighted by molar-refractivity contribution is -0.136. The Balaban J connectivity index is 1.80. The number of hydrogen-bond acceptors (Lipinski definition) is 4. The van der Waals surface area contributed by atoms with Crippen LogP contribution in [0, 0.1) is 0 Å². The van der Waals surface area contributed by atoms with Crippen molar-refractivity contribution in [3.8, 4) is 5.75 Å². The molecule has 0 aromatic heterocycles. The lowest BCUT2D eigenvalue weighted by Gasteiger charge is -2.22. The van der Waals surface area contributed by atoms with Gasteiger partial charge in [0.15, 0.2) is 0 Å². The van der Waals surface area contributed by atoms with E-state index in [2.05, 4.69) is 22.5 Å². The molecule has 1 fully saturated rings. The molecule has 21 heavy (non-hydrogen) atoms. The normalized spacial score (nSPS) is 18.4. The largest absolute Gasteiger partial charge is 0.508 e. The first kappa shape index (κ1) is 15.3. The molecule has 6 heteroatoms. The smallest absolute Gasteiger partial charge is 0.313 e. The van der Waals surface area contributed by atoms with E-state index in [4.69, 9.17) is 5.11 Å². The van der Waals surface area contributed by atoms with Gasteiger partial charge in [-0.3, -0.25) is 14.5 Å². The van der Waals surface area contributed by atoms with E-state index in [9.17, 15) is 9.59 Å². The quantitative estimate of drug-likeness (QED) is 0.569. The van der Waals surface area contributed by atoms with E-state index in [0.29, 0.717) is 18.3 Å². The molecule has 0 unspecified atom stereocenters. The highest BCUT2D eigenvalue weighted by Gasteiger charge is 2.24. The number of likely N-dealkylation sites (N-methyl/N-ethyl adjacent to an activating group) is 1. The van der Waals surface area contributed by atoms with Crippen molar-refractivity contribution in [2.24, 2.45) is 0 Å². The van der Waals surface area contributed by atoms with Crippen LogP contribution in [0.4, 0.5) is 5.69 Å². The minimum atomic E-state index is -0.693. The summed E-state index contributed by atoms with van der Waals surface area (Å²) < 4.78 is 0. The van der Waals surface area contributed by atoms with Gasteiger partial charge >= 0.3 is 11.8 Å². The number of aromatic hydroxyl groups is 1. The Labute approximate surface area is 124 Å². The molecule has 0 spiro atoms. The van der Waals surface area contributed by atoms with Gasteiger partial charge in [0.2, 0.25) is 0 Å². The number of amides is 2. The number of nitrogens with one attached hydrogen (secondary N) is 2. The summed E-state index contributed by atoms with van der Waals surface area (Å²) in [5.41, 5.74) is 0.476. The fourth-order valence-corrected chi connectivity index (χ4v) is 2.57. The van der Waals surface area contributed by atoms with Crippen LogP contribution in [0.25, 0.3) is 0 Å². The maximum Gasteiger partial charge on any atom is 0.313 e. The van der Waals surface area contributed by atoms with Crippen molar-refractivity contribution in [3.05, 3.63) is 24.3 Å². The number of nitrogens with zero attached hydrogens (tertiary/aromatic N) is 1. The Bertz CT molecular complexity index is 501. The van der Waals surface area contributed by atoms with Crippen molar-refractivity contribution >= 4 is 17.5 Å². The molecule has 2 amide bonds. The maximum absolute atomic E-state index is 11.8. The number of likely N-dealkylation sites (tertiary alicyclic amines) is 1. The minimum absolute atomic E-state index is 0.110. The summed E-state index contributed by atoms with van der Waals surface area (Å²) in [6.45, 7) is 4.60. The molecular formula is C15H21N3O3. The highest BCUT2D eigenvalue weighted by atomic mass is 16.3. The van der Waals surface area contributed by atoms with Gasteiger partial charge in [0.25, 0.3) is 0 Å². The average molecular weight is 291 g/mol. The summed E-state index contributed by atoms with van der Waals surface area (Å²) >= 11 is 0. The fraction of sp³-hybridized carbons (Fsp3) is 0.467. The highest BCUT2D eigenvalue weighted by Crippen LogP contribution is 2.16.